The van der Waals surface area contributed by atoms with Crippen LogP contribution >= 0.6 is 11.3 Å². The second-order valence-corrected chi connectivity index (χ2v) is 7.57. The molecule has 1 aliphatic rings. The number of fused-ring (bicyclic) bond motifs is 1. The van der Waals surface area contributed by atoms with Crippen LogP contribution in [0.4, 0.5) is 17.6 Å². The third-order valence-corrected chi connectivity index (χ3v) is 5.68. The van der Waals surface area contributed by atoms with Gasteiger partial charge in [0.25, 0.3) is 0 Å². The maximum atomic E-state index is 10.1. The van der Waals surface area contributed by atoms with Gasteiger partial charge in [-0.3, -0.25) is 0 Å². The third-order valence-electron chi connectivity index (χ3n) is 4.89. The van der Waals surface area contributed by atoms with Crippen LogP contribution in [-0.4, -0.2) is 31.6 Å². The van der Waals surface area contributed by atoms with E-state index in [4.69, 9.17) is 0 Å². The van der Waals surface area contributed by atoms with E-state index in [9.17, 15) is 5.11 Å². The number of aromatic hydroxyl groups is 1. The largest absolute Gasteiger partial charge is 0.479 e. The fourth-order valence-corrected chi connectivity index (χ4v) is 4.34. The quantitative estimate of drug-likeness (QED) is 0.538. The van der Waals surface area contributed by atoms with E-state index in [0.717, 1.165) is 35.3 Å². The van der Waals surface area contributed by atoms with Gasteiger partial charge in [-0.05, 0) is 36.6 Å². The zero-order chi connectivity index (χ0) is 18.9. The van der Waals surface area contributed by atoms with Crippen LogP contribution in [0, 0.1) is 0 Å². The molecule has 0 saturated carbocycles. The van der Waals surface area contributed by atoms with Crippen LogP contribution in [-0.2, 0) is 0 Å². The van der Waals surface area contributed by atoms with Crippen LogP contribution in [0.3, 0.4) is 0 Å². The molecule has 2 aromatic carbocycles. The summed E-state index contributed by atoms with van der Waals surface area (Å²) in [6.07, 6.45) is 2.08. The third kappa shape index (κ3) is 3.22. The lowest BCUT2D eigenvalue weighted by atomic mass is 10.1. The van der Waals surface area contributed by atoms with E-state index in [2.05, 4.69) is 42.3 Å². The van der Waals surface area contributed by atoms with Gasteiger partial charge in [0, 0.05) is 12.2 Å². The van der Waals surface area contributed by atoms with Crippen molar-refractivity contribution < 1.29 is 5.11 Å². The molecule has 28 heavy (non-hydrogen) atoms. The van der Waals surface area contributed by atoms with E-state index in [0.29, 0.717) is 11.9 Å². The Morgan fingerprint density at radius 1 is 1.07 bits per heavy atom. The summed E-state index contributed by atoms with van der Waals surface area (Å²) in [5.74, 6) is 0.810. The molecule has 0 aliphatic carbocycles. The molecule has 0 bridgehead atoms. The zero-order valence-corrected chi connectivity index (χ0v) is 15.8. The van der Waals surface area contributed by atoms with Crippen molar-refractivity contribution in [3.8, 4) is 6.01 Å². The number of nitrogens with zero attached hydrogens (tertiary/aromatic N) is 5. The molecular formula is C20H18N6OS. The van der Waals surface area contributed by atoms with Gasteiger partial charge < -0.3 is 15.3 Å². The number of thiazole rings is 1. The van der Waals surface area contributed by atoms with Crippen LogP contribution in [0.25, 0.3) is 10.2 Å². The number of benzene rings is 2. The van der Waals surface area contributed by atoms with Gasteiger partial charge in [-0.15, -0.1) is 11.3 Å². The van der Waals surface area contributed by atoms with Crippen molar-refractivity contribution in [3.05, 3.63) is 59.6 Å². The van der Waals surface area contributed by atoms with Gasteiger partial charge in [0.05, 0.1) is 21.8 Å². The topological polar surface area (TPSA) is 87.1 Å². The van der Waals surface area contributed by atoms with Gasteiger partial charge in [0.15, 0.2) is 0 Å². The Morgan fingerprint density at radius 2 is 1.96 bits per heavy atom. The summed E-state index contributed by atoms with van der Waals surface area (Å²) in [5.41, 5.74) is 4.84. The van der Waals surface area contributed by atoms with E-state index >= 15 is 0 Å². The van der Waals surface area contributed by atoms with E-state index < -0.39 is 0 Å². The van der Waals surface area contributed by atoms with Crippen molar-refractivity contribution >= 4 is 39.1 Å². The van der Waals surface area contributed by atoms with Crippen LogP contribution in [0.2, 0.25) is 0 Å². The van der Waals surface area contributed by atoms with Crippen molar-refractivity contribution in [3.63, 3.8) is 0 Å². The van der Waals surface area contributed by atoms with Crippen molar-refractivity contribution in [1.82, 2.24) is 19.9 Å². The molecule has 1 fully saturated rings. The van der Waals surface area contributed by atoms with Gasteiger partial charge in [-0.2, -0.15) is 15.0 Å². The number of anilines is 3. The molecule has 0 radical (unpaired) electrons. The first-order chi connectivity index (χ1) is 13.8. The summed E-state index contributed by atoms with van der Waals surface area (Å²) in [6.45, 7) is 0.843. The first-order valence-electron chi connectivity index (χ1n) is 9.13. The van der Waals surface area contributed by atoms with Gasteiger partial charge >= 0.3 is 6.01 Å². The van der Waals surface area contributed by atoms with Gasteiger partial charge in [0.2, 0.25) is 11.9 Å². The van der Waals surface area contributed by atoms with Crippen molar-refractivity contribution in [2.24, 2.45) is 0 Å². The molecule has 2 N–H and O–H groups in total. The van der Waals surface area contributed by atoms with Gasteiger partial charge in [0.1, 0.15) is 0 Å². The molecule has 1 atom stereocenters. The first kappa shape index (κ1) is 16.9. The second-order valence-electron chi connectivity index (χ2n) is 6.68. The predicted molar refractivity (Wildman–Crippen MR) is 110 cm³/mol. The van der Waals surface area contributed by atoms with E-state index in [1.807, 2.05) is 41.9 Å². The molecule has 7 nitrogen and oxygen atoms in total. The maximum absolute atomic E-state index is 10.1. The van der Waals surface area contributed by atoms with Crippen molar-refractivity contribution in [1.29, 1.82) is 0 Å². The molecule has 5 rings (SSSR count). The molecule has 2 aromatic heterocycles. The number of aromatic nitrogens is 4. The average Bonchev–Trinajstić information content (AvgIpc) is 3.37. The molecule has 0 spiro atoms. The normalized spacial score (nSPS) is 16.6. The van der Waals surface area contributed by atoms with E-state index in [-0.39, 0.29) is 12.1 Å². The monoisotopic (exact) mass is 390 g/mol. The Balaban J connectivity index is 1.45. The summed E-state index contributed by atoms with van der Waals surface area (Å²) < 4.78 is 1.08. The summed E-state index contributed by atoms with van der Waals surface area (Å²) in [5, 5.41) is 13.3. The molecule has 140 valence electrons. The summed E-state index contributed by atoms with van der Waals surface area (Å²) >= 11 is 1.57. The molecular weight excluding hydrogens is 372 g/mol. The summed E-state index contributed by atoms with van der Waals surface area (Å²) in [6, 6.07) is 16.1. The fraction of sp³-hybridized carbons (Fsp3) is 0.200. The lowest BCUT2D eigenvalue weighted by Crippen LogP contribution is -2.25. The maximum Gasteiger partial charge on any atom is 0.320 e. The zero-order valence-electron chi connectivity index (χ0n) is 15.0. The van der Waals surface area contributed by atoms with Gasteiger partial charge in [-0.25, -0.2) is 4.98 Å². The Bertz CT molecular complexity index is 1120. The number of rotatable bonds is 4. The highest BCUT2D eigenvalue weighted by molar-refractivity contribution is 7.16. The number of hydrogen-bond acceptors (Lipinski definition) is 8. The van der Waals surface area contributed by atoms with E-state index in [1.165, 1.54) is 5.56 Å². The highest BCUT2D eigenvalue weighted by Crippen LogP contribution is 2.35. The minimum absolute atomic E-state index is 0.199. The highest BCUT2D eigenvalue weighted by atomic mass is 32.1. The van der Waals surface area contributed by atoms with Crippen molar-refractivity contribution in [2.75, 3.05) is 16.8 Å². The Hall–Kier alpha value is -3.26. The molecule has 4 aromatic rings. The predicted octanol–water partition coefficient (Wildman–Crippen LogP) is 4.27. The fourth-order valence-electron chi connectivity index (χ4n) is 3.63. The highest BCUT2D eigenvalue weighted by Gasteiger charge is 2.28. The molecule has 3 heterocycles. The molecule has 1 saturated heterocycles. The standard InChI is InChI=1S/C20H18N6OS/c27-20-24-18(22-14-8-9-15-17(11-14)28-12-21-15)23-19(25-20)26-10-4-7-16(26)13-5-2-1-3-6-13/h1-3,5-6,8-9,11-12,16H,4,7,10H2,(H2,22,23,24,25,27). The minimum atomic E-state index is -0.287. The summed E-state index contributed by atoms with van der Waals surface area (Å²) in [7, 11) is 0. The smallest absolute Gasteiger partial charge is 0.320 e. The van der Waals surface area contributed by atoms with E-state index in [1.54, 1.807) is 11.3 Å². The summed E-state index contributed by atoms with van der Waals surface area (Å²) in [4.78, 5) is 19.2. The molecule has 1 aliphatic heterocycles. The van der Waals surface area contributed by atoms with Crippen LogP contribution < -0.4 is 10.2 Å². The molecule has 8 heteroatoms. The first-order valence-corrected chi connectivity index (χ1v) is 10.0. The van der Waals surface area contributed by atoms with Crippen molar-refractivity contribution in [2.45, 2.75) is 18.9 Å². The Morgan fingerprint density at radius 3 is 2.86 bits per heavy atom. The van der Waals surface area contributed by atoms with Gasteiger partial charge in [-0.1, -0.05) is 30.3 Å². The Labute approximate surface area is 165 Å². The Kier molecular flexibility index (Phi) is 4.25. The molecule has 1 unspecified atom stereocenters. The van der Waals surface area contributed by atoms with Crippen LogP contribution in [0.5, 0.6) is 6.01 Å². The SMILES string of the molecule is Oc1nc(Nc2ccc3ncsc3c2)nc(N2CCCC2c2ccccc2)n1. The van der Waals surface area contributed by atoms with Crippen LogP contribution in [0.1, 0.15) is 24.4 Å². The molecule has 0 amide bonds. The lowest BCUT2D eigenvalue weighted by molar-refractivity contribution is 0.428. The van der Waals surface area contributed by atoms with Crippen LogP contribution in [0.15, 0.2) is 54.0 Å². The minimum Gasteiger partial charge on any atom is -0.479 e. The number of nitrogens with one attached hydrogen (secondary N) is 1. The second kappa shape index (κ2) is 7.05. The number of hydrogen-bond donors (Lipinski definition) is 2. The lowest BCUT2D eigenvalue weighted by Gasteiger charge is -2.25. The average molecular weight is 390 g/mol.